The van der Waals surface area contributed by atoms with E-state index in [1.165, 1.54) is 174 Å². The molecule has 0 fully saturated rings. The summed E-state index contributed by atoms with van der Waals surface area (Å²) < 4.78 is 0. The molecule has 0 saturated carbocycles. The highest BCUT2D eigenvalue weighted by atomic mass is 14.8. The first kappa shape index (κ1) is 30.0. The molecule has 0 aromatic carbocycles. The van der Waals surface area contributed by atoms with Gasteiger partial charge in [0, 0.05) is 0 Å². The van der Waals surface area contributed by atoms with Crippen LogP contribution in [0.25, 0.3) is 0 Å². The van der Waals surface area contributed by atoms with E-state index < -0.39 is 0 Å². The van der Waals surface area contributed by atoms with E-state index in [2.05, 4.69) is 19.2 Å². The number of hydrogen-bond donors (Lipinski definition) is 1. The zero-order valence-corrected chi connectivity index (χ0v) is 21.6. The molecule has 0 radical (unpaired) electrons. The van der Waals surface area contributed by atoms with Gasteiger partial charge in [0.25, 0.3) is 0 Å². The number of nitrogens with one attached hydrogen (secondary N) is 1. The molecule has 0 saturated heterocycles. The average Bonchev–Trinajstić information content (AvgIpc) is 2.76. The highest BCUT2D eigenvalue weighted by molar-refractivity contribution is 4.53. The lowest BCUT2D eigenvalue weighted by Crippen LogP contribution is -2.16. The lowest BCUT2D eigenvalue weighted by Gasteiger charge is -2.05. The molecule has 0 unspecified atom stereocenters. The van der Waals surface area contributed by atoms with E-state index in [1.54, 1.807) is 0 Å². The third-order valence-corrected chi connectivity index (χ3v) is 6.66. The second-order valence-electron chi connectivity index (χ2n) is 9.88. The summed E-state index contributed by atoms with van der Waals surface area (Å²) in [7, 11) is 0. The molecule has 0 aliphatic heterocycles. The molecule has 30 heavy (non-hydrogen) atoms. The van der Waals surface area contributed by atoms with Crippen LogP contribution in [-0.2, 0) is 0 Å². The highest BCUT2D eigenvalue weighted by Crippen LogP contribution is 2.14. The van der Waals surface area contributed by atoms with Crippen molar-refractivity contribution < 1.29 is 0 Å². The molecular weight excluding hydrogens is 362 g/mol. The molecule has 0 rings (SSSR count). The van der Waals surface area contributed by atoms with Gasteiger partial charge in [-0.05, 0) is 25.9 Å². The Morgan fingerprint density at radius 1 is 0.267 bits per heavy atom. The maximum absolute atomic E-state index is 3.64. The van der Waals surface area contributed by atoms with Crippen LogP contribution in [-0.4, -0.2) is 13.1 Å². The van der Waals surface area contributed by atoms with Crippen molar-refractivity contribution in [3.8, 4) is 0 Å². The van der Waals surface area contributed by atoms with Gasteiger partial charge in [-0.3, -0.25) is 0 Å². The molecule has 0 atom stereocenters. The molecule has 0 aliphatic rings. The van der Waals surface area contributed by atoms with Gasteiger partial charge in [-0.1, -0.05) is 162 Å². The Morgan fingerprint density at radius 3 is 0.700 bits per heavy atom. The number of rotatable bonds is 27. The summed E-state index contributed by atoms with van der Waals surface area (Å²) in [5, 5.41) is 3.64. The van der Waals surface area contributed by atoms with E-state index in [9.17, 15) is 0 Å². The van der Waals surface area contributed by atoms with Gasteiger partial charge < -0.3 is 5.32 Å². The summed E-state index contributed by atoms with van der Waals surface area (Å²) in [5.41, 5.74) is 0. The van der Waals surface area contributed by atoms with Crippen LogP contribution in [0.1, 0.15) is 174 Å². The Balaban J connectivity index is 2.97. The second kappa shape index (κ2) is 29.0. The molecule has 0 aromatic heterocycles. The predicted octanol–water partition coefficient (Wildman–Crippen LogP) is 10.4. The summed E-state index contributed by atoms with van der Waals surface area (Å²) in [6, 6.07) is 0. The first-order valence-electron chi connectivity index (χ1n) is 14.6. The number of hydrogen-bond acceptors (Lipinski definition) is 1. The van der Waals surface area contributed by atoms with Gasteiger partial charge in [0.15, 0.2) is 0 Å². The summed E-state index contributed by atoms with van der Waals surface area (Å²) in [5.74, 6) is 0. The van der Waals surface area contributed by atoms with Gasteiger partial charge in [-0.2, -0.15) is 0 Å². The van der Waals surface area contributed by atoms with Crippen LogP contribution in [0.2, 0.25) is 0 Å². The van der Waals surface area contributed by atoms with Gasteiger partial charge in [-0.25, -0.2) is 0 Å². The fraction of sp³-hybridized carbons (Fsp3) is 1.00. The van der Waals surface area contributed by atoms with Gasteiger partial charge in [-0.15, -0.1) is 0 Å². The van der Waals surface area contributed by atoms with Crippen LogP contribution in [0.5, 0.6) is 0 Å². The van der Waals surface area contributed by atoms with Crippen LogP contribution in [0.15, 0.2) is 0 Å². The lowest BCUT2D eigenvalue weighted by molar-refractivity contribution is 0.518. The summed E-state index contributed by atoms with van der Waals surface area (Å²) >= 11 is 0. The molecule has 1 heteroatoms. The first-order valence-corrected chi connectivity index (χ1v) is 14.6. The van der Waals surface area contributed by atoms with Crippen molar-refractivity contribution in [1.82, 2.24) is 5.32 Å². The monoisotopic (exact) mass is 423 g/mol. The second-order valence-corrected chi connectivity index (χ2v) is 9.88. The zero-order chi connectivity index (χ0) is 21.8. The van der Waals surface area contributed by atoms with Crippen molar-refractivity contribution in [2.75, 3.05) is 13.1 Å². The SMILES string of the molecule is CCCCCCCCCCCCCCCCCCCCNCCCCCCCCC. The Morgan fingerprint density at radius 2 is 0.467 bits per heavy atom. The molecule has 0 spiro atoms. The normalized spacial score (nSPS) is 11.4. The van der Waals surface area contributed by atoms with Crippen LogP contribution in [0, 0.1) is 0 Å². The van der Waals surface area contributed by atoms with Crippen molar-refractivity contribution in [1.29, 1.82) is 0 Å². The topological polar surface area (TPSA) is 12.0 Å². The molecule has 1 nitrogen and oxygen atoms in total. The van der Waals surface area contributed by atoms with Crippen LogP contribution in [0.4, 0.5) is 0 Å². The Bertz CT molecular complexity index is 248. The standard InChI is InChI=1S/C29H61N/c1-3-5-7-9-11-12-13-14-15-16-17-18-19-20-21-23-25-27-29-30-28-26-24-22-10-8-6-4-2/h30H,3-29H2,1-2H3. The van der Waals surface area contributed by atoms with Gasteiger partial charge in [0.05, 0.1) is 0 Å². The van der Waals surface area contributed by atoms with Gasteiger partial charge in [0.1, 0.15) is 0 Å². The van der Waals surface area contributed by atoms with E-state index in [4.69, 9.17) is 0 Å². The van der Waals surface area contributed by atoms with Crippen molar-refractivity contribution >= 4 is 0 Å². The Labute approximate surface area is 193 Å². The summed E-state index contributed by atoms with van der Waals surface area (Å²) in [6.07, 6.45) is 36.3. The summed E-state index contributed by atoms with van der Waals surface area (Å²) in [6.45, 7) is 7.09. The van der Waals surface area contributed by atoms with E-state index in [-0.39, 0.29) is 0 Å². The van der Waals surface area contributed by atoms with E-state index in [1.807, 2.05) is 0 Å². The Hall–Kier alpha value is -0.0400. The van der Waals surface area contributed by atoms with Crippen molar-refractivity contribution in [3.05, 3.63) is 0 Å². The maximum Gasteiger partial charge on any atom is -0.00489 e. The molecule has 0 heterocycles. The smallest absolute Gasteiger partial charge is 0.00489 e. The maximum atomic E-state index is 3.64. The lowest BCUT2D eigenvalue weighted by atomic mass is 10.0. The fourth-order valence-electron chi connectivity index (χ4n) is 4.48. The van der Waals surface area contributed by atoms with Gasteiger partial charge in [0.2, 0.25) is 0 Å². The van der Waals surface area contributed by atoms with Crippen LogP contribution < -0.4 is 5.32 Å². The molecule has 1 N–H and O–H groups in total. The third kappa shape index (κ3) is 28.0. The minimum atomic E-state index is 1.24. The van der Waals surface area contributed by atoms with Crippen LogP contribution >= 0.6 is 0 Å². The van der Waals surface area contributed by atoms with Crippen molar-refractivity contribution in [2.24, 2.45) is 0 Å². The summed E-state index contributed by atoms with van der Waals surface area (Å²) in [4.78, 5) is 0. The highest BCUT2D eigenvalue weighted by Gasteiger charge is 1.96. The minimum absolute atomic E-state index is 1.24. The average molecular weight is 424 g/mol. The zero-order valence-electron chi connectivity index (χ0n) is 21.6. The minimum Gasteiger partial charge on any atom is -0.317 e. The molecule has 0 amide bonds. The van der Waals surface area contributed by atoms with Crippen LogP contribution in [0.3, 0.4) is 0 Å². The molecular formula is C29H61N. The van der Waals surface area contributed by atoms with Gasteiger partial charge >= 0.3 is 0 Å². The Kier molecular flexibility index (Phi) is 28.9. The van der Waals surface area contributed by atoms with Crippen molar-refractivity contribution in [3.63, 3.8) is 0 Å². The molecule has 182 valence electrons. The van der Waals surface area contributed by atoms with Crippen molar-refractivity contribution in [2.45, 2.75) is 174 Å². The van der Waals surface area contributed by atoms with E-state index >= 15 is 0 Å². The molecule has 0 aliphatic carbocycles. The molecule has 0 aromatic rings. The molecule has 0 bridgehead atoms. The number of unbranched alkanes of at least 4 members (excludes halogenated alkanes) is 23. The quantitative estimate of drug-likeness (QED) is 0.129. The third-order valence-electron chi connectivity index (χ3n) is 6.66. The van der Waals surface area contributed by atoms with E-state index in [0.29, 0.717) is 0 Å². The fourth-order valence-corrected chi connectivity index (χ4v) is 4.48. The predicted molar refractivity (Wildman–Crippen MR) is 140 cm³/mol. The first-order chi connectivity index (χ1) is 14.9. The van der Waals surface area contributed by atoms with E-state index in [0.717, 1.165) is 0 Å². The largest absolute Gasteiger partial charge is 0.317 e.